The lowest BCUT2D eigenvalue weighted by Gasteiger charge is -2.23. The van der Waals surface area contributed by atoms with Gasteiger partial charge in [0.2, 0.25) is 0 Å². The van der Waals surface area contributed by atoms with Crippen molar-refractivity contribution in [1.82, 2.24) is 0 Å². The number of nitrogens with zero attached hydrogens (tertiary/aromatic N) is 1. The van der Waals surface area contributed by atoms with Crippen LogP contribution in [0.15, 0.2) is 48.5 Å². The van der Waals surface area contributed by atoms with Gasteiger partial charge in [-0.25, -0.2) is 13.2 Å². The van der Waals surface area contributed by atoms with Crippen LogP contribution < -0.4 is 4.90 Å². The minimum atomic E-state index is -2.75. The highest BCUT2D eigenvalue weighted by Crippen LogP contribution is 2.23. The molecule has 0 unspecified atom stereocenters. The molecule has 110 valence electrons. The molecule has 2 aromatic rings. The molecule has 21 heavy (non-hydrogen) atoms. The number of amides is 1. The highest BCUT2D eigenvalue weighted by Gasteiger charge is 2.24. The fourth-order valence-corrected chi connectivity index (χ4v) is 2.50. The van der Waals surface area contributed by atoms with Crippen LogP contribution in [-0.2, 0) is 0 Å². The first-order valence-electron chi connectivity index (χ1n) is 6.09. The zero-order valence-electron chi connectivity index (χ0n) is 10.8. The molecule has 0 heterocycles. The highest BCUT2D eigenvalue weighted by atomic mass is 127. The molecule has 0 saturated carbocycles. The first kappa shape index (κ1) is 15.8. The van der Waals surface area contributed by atoms with Gasteiger partial charge in [0.15, 0.2) is 0 Å². The number of alkyl halides is 2. The standard InChI is InChI=1S/C15H11F3INO/c16-11-6-2-4-8-13(11)20(9-14(17)18)15(21)10-5-1-3-7-12(10)19/h1-8,14H,9H2. The summed E-state index contributed by atoms with van der Waals surface area (Å²) < 4.78 is 40.0. The van der Waals surface area contributed by atoms with E-state index in [1.807, 2.05) is 22.6 Å². The second-order valence-corrected chi connectivity index (χ2v) is 5.40. The van der Waals surface area contributed by atoms with Crippen LogP contribution in [-0.4, -0.2) is 18.9 Å². The number of halogens is 4. The average molecular weight is 405 g/mol. The summed E-state index contributed by atoms with van der Waals surface area (Å²) in [6.45, 7) is -0.856. The fourth-order valence-electron chi connectivity index (χ4n) is 1.88. The highest BCUT2D eigenvalue weighted by molar-refractivity contribution is 14.1. The van der Waals surface area contributed by atoms with Gasteiger partial charge in [-0.05, 0) is 46.9 Å². The van der Waals surface area contributed by atoms with Gasteiger partial charge in [-0.2, -0.15) is 0 Å². The number of rotatable bonds is 4. The van der Waals surface area contributed by atoms with Crippen LogP contribution in [0.5, 0.6) is 0 Å². The second kappa shape index (κ2) is 6.93. The third kappa shape index (κ3) is 3.75. The SMILES string of the molecule is O=C(c1ccccc1I)N(CC(F)F)c1ccccc1F. The number of carbonyl (C=O) groups excluding carboxylic acids is 1. The van der Waals surface area contributed by atoms with Crippen molar-refractivity contribution in [3.8, 4) is 0 Å². The zero-order valence-corrected chi connectivity index (χ0v) is 12.9. The molecule has 2 aromatic carbocycles. The van der Waals surface area contributed by atoms with E-state index in [4.69, 9.17) is 0 Å². The molecule has 0 aliphatic carbocycles. The molecule has 0 aliphatic heterocycles. The molecule has 0 aliphatic rings. The van der Waals surface area contributed by atoms with E-state index in [0.717, 1.165) is 11.0 Å². The van der Waals surface area contributed by atoms with Gasteiger partial charge < -0.3 is 0 Å². The molecule has 0 fully saturated rings. The van der Waals surface area contributed by atoms with Gasteiger partial charge in [0.25, 0.3) is 12.3 Å². The van der Waals surface area contributed by atoms with E-state index in [9.17, 15) is 18.0 Å². The molecule has 0 radical (unpaired) electrons. The number of benzene rings is 2. The Bertz CT molecular complexity index is 648. The summed E-state index contributed by atoms with van der Waals surface area (Å²) in [6.07, 6.45) is -2.75. The van der Waals surface area contributed by atoms with Crippen molar-refractivity contribution in [2.45, 2.75) is 6.43 Å². The van der Waals surface area contributed by atoms with Gasteiger partial charge in [0.05, 0.1) is 17.8 Å². The molecule has 6 heteroatoms. The molecule has 0 spiro atoms. The van der Waals surface area contributed by atoms with E-state index in [2.05, 4.69) is 0 Å². The number of carbonyl (C=O) groups is 1. The minimum Gasteiger partial charge on any atom is -0.300 e. The van der Waals surface area contributed by atoms with Gasteiger partial charge in [-0.15, -0.1) is 0 Å². The summed E-state index contributed by atoms with van der Waals surface area (Å²) in [5.74, 6) is -1.36. The normalized spacial score (nSPS) is 10.7. The predicted octanol–water partition coefficient (Wildman–Crippen LogP) is 4.34. The molecule has 2 rings (SSSR count). The third-order valence-electron chi connectivity index (χ3n) is 2.81. The Morgan fingerprint density at radius 3 is 2.33 bits per heavy atom. The van der Waals surface area contributed by atoms with Crippen molar-refractivity contribution in [3.05, 3.63) is 63.5 Å². The molecule has 0 atom stereocenters. The molecular formula is C15H11F3INO. The topological polar surface area (TPSA) is 20.3 Å². The maximum Gasteiger partial charge on any atom is 0.259 e. The molecule has 1 amide bonds. The Balaban J connectivity index is 2.44. The average Bonchev–Trinajstić information content (AvgIpc) is 2.45. The molecule has 0 saturated heterocycles. The van der Waals surface area contributed by atoms with E-state index >= 15 is 0 Å². The van der Waals surface area contributed by atoms with Gasteiger partial charge >= 0.3 is 0 Å². The molecule has 0 bridgehead atoms. The Labute approximate surface area is 133 Å². The van der Waals surface area contributed by atoms with Crippen molar-refractivity contribution in [3.63, 3.8) is 0 Å². The van der Waals surface area contributed by atoms with E-state index in [0.29, 0.717) is 3.57 Å². The Kier molecular flexibility index (Phi) is 5.22. The van der Waals surface area contributed by atoms with Gasteiger partial charge in [-0.3, -0.25) is 9.69 Å². The van der Waals surface area contributed by atoms with Gasteiger partial charge in [0.1, 0.15) is 5.82 Å². The van der Waals surface area contributed by atoms with Crippen LogP contribution >= 0.6 is 22.6 Å². The monoisotopic (exact) mass is 405 g/mol. The first-order valence-corrected chi connectivity index (χ1v) is 7.17. The quantitative estimate of drug-likeness (QED) is 0.694. The summed E-state index contributed by atoms with van der Waals surface area (Å²) in [4.78, 5) is 13.3. The summed E-state index contributed by atoms with van der Waals surface area (Å²) in [7, 11) is 0. The van der Waals surface area contributed by atoms with Crippen molar-refractivity contribution < 1.29 is 18.0 Å². The number of para-hydroxylation sites is 1. The summed E-state index contributed by atoms with van der Waals surface area (Å²) >= 11 is 1.94. The summed E-state index contributed by atoms with van der Waals surface area (Å²) in [5, 5.41) is 0. The van der Waals surface area contributed by atoms with Crippen LogP contribution in [0.4, 0.5) is 18.9 Å². The van der Waals surface area contributed by atoms with Crippen LogP contribution in [0.25, 0.3) is 0 Å². The summed E-state index contributed by atoms with van der Waals surface area (Å²) in [6, 6.07) is 12.0. The Morgan fingerprint density at radius 2 is 1.71 bits per heavy atom. The maximum absolute atomic E-state index is 13.8. The first-order chi connectivity index (χ1) is 10.0. The lowest BCUT2D eigenvalue weighted by molar-refractivity contribution is 0.0943. The maximum atomic E-state index is 13.8. The van der Waals surface area contributed by atoms with Crippen molar-refractivity contribution in [2.75, 3.05) is 11.4 Å². The molecule has 0 N–H and O–H groups in total. The molecular weight excluding hydrogens is 394 g/mol. The van der Waals surface area contributed by atoms with Crippen molar-refractivity contribution in [2.24, 2.45) is 0 Å². The van der Waals surface area contributed by atoms with Crippen LogP contribution in [0.1, 0.15) is 10.4 Å². The lowest BCUT2D eigenvalue weighted by Crippen LogP contribution is -2.36. The molecule has 0 aromatic heterocycles. The van der Waals surface area contributed by atoms with Crippen molar-refractivity contribution in [1.29, 1.82) is 0 Å². The zero-order chi connectivity index (χ0) is 15.4. The number of hydrogen-bond donors (Lipinski definition) is 0. The molecule has 2 nitrogen and oxygen atoms in total. The fraction of sp³-hybridized carbons (Fsp3) is 0.133. The van der Waals surface area contributed by atoms with E-state index < -0.39 is 24.7 Å². The number of anilines is 1. The summed E-state index contributed by atoms with van der Waals surface area (Å²) in [5.41, 5.74) is 0.115. The smallest absolute Gasteiger partial charge is 0.259 e. The van der Waals surface area contributed by atoms with Gasteiger partial charge in [-0.1, -0.05) is 24.3 Å². The van der Waals surface area contributed by atoms with Gasteiger partial charge in [0, 0.05) is 3.57 Å². The van der Waals surface area contributed by atoms with Crippen LogP contribution in [0, 0.1) is 9.39 Å². The minimum absolute atomic E-state index is 0.151. The number of hydrogen-bond acceptors (Lipinski definition) is 1. The van der Waals surface area contributed by atoms with E-state index in [1.165, 1.54) is 24.3 Å². The third-order valence-corrected chi connectivity index (χ3v) is 3.75. The Hall–Kier alpha value is -1.57. The lowest BCUT2D eigenvalue weighted by atomic mass is 10.1. The Morgan fingerprint density at radius 1 is 1.10 bits per heavy atom. The van der Waals surface area contributed by atoms with Crippen molar-refractivity contribution >= 4 is 34.2 Å². The van der Waals surface area contributed by atoms with E-state index in [-0.39, 0.29) is 11.3 Å². The van der Waals surface area contributed by atoms with E-state index in [1.54, 1.807) is 18.2 Å². The van der Waals surface area contributed by atoms with Crippen LogP contribution in [0.2, 0.25) is 0 Å². The predicted molar refractivity (Wildman–Crippen MR) is 83.2 cm³/mol. The second-order valence-electron chi connectivity index (χ2n) is 4.24. The van der Waals surface area contributed by atoms with Crippen LogP contribution in [0.3, 0.4) is 0 Å². The largest absolute Gasteiger partial charge is 0.300 e.